The third-order valence-corrected chi connectivity index (χ3v) is 15.1. The molecule has 0 spiro atoms. The van der Waals surface area contributed by atoms with E-state index in [1.54, 1.807) is 10.9 Å². The first-order chi connectivity index (χ1) is 37.0. The van der Waals surface area contributed by atoms with E-state index in [1.807, 2.05) is 0 Å². The second-order valence-corrected chi connectivity index (χ2v) is 21.6. The van der Waals surface area contributed by atoms with Gasteiger partial charge in [0, 0.05) is 24.7 Å². The number of carbonyl (C=O) groups is 1. The van der Waals surface area contributed by atoms with Gasteiger partial charge in [0.2, 0.25) is 11.0 Å². The smallest absolute Gasteiger partial charge is 0.340 e. The molecule has 0 bridgehead atoms. The second-order valence-electron chi connectivity index (χ2n) is 17.3. The molecule has 1 aliphatic heterocycles. The molecular formula is C44H64ClF3N8O19P2. The Bertz CT molecular complexity index is 2510. The zero-order chi connectivity index (χ0) is 55.2. The Labute approximate surface area is 444 Å². The third-order valence-electron chi connectivity index (χ3n) is 11.5. The van der Waals surface area contributed by atoms with Gasteiger partial charge in [0.25, 0.3) is 0 Å². The molecular weight excluding hydrogens is 1100 g/mol. The lowest BCUT2D eigenvalue weighted by Crippen LogP contribution is -2.37. The monoisotopic (exact) mass is 1160 g/mol. The minimum atomic E-state index is -4.90. The molecule has 27 nitrogen and oxygen atoms in total. The van der Waals surface area contributed by atoms with Crippen LogP contribution in [0.2, 0.25) is 5.28 Å². The number of esters is 1. The van der Waals surface area contributed by atoms with Crippen molar-refractivity contribution in [1.82, 2.24) is 34.7 Å². The molecule has 1 aromatic carbocycles. The standard InChI is InChI=1S/C44H64ClF3N8O19P2/c45-44-50-41(33-25-49-56(42(33)51-44)43-39(59)38(58)36(74-43)28-73-77(63,64)29-76(60,61)62)55(32-3-1-2-4-32)7-10-67-13-16-70-19-20-71-21-22-72-27-31-26-54(53-52-31)6-9-66-12-15-69-18-17-68-14-11-65-8-5-37(57)75-40-34(47)23-30(46)24-35(40)48/h23-26,32,36,38-39,43,58-59H,1-22,27-29H2,(H,63,64)(H2,60,61,62)/t36-,38-,39-,43-/m1/s1. The maximum atomic E-state index is 13.6. The van der Waals surface area contributed by atoms with Gasteiger partial charge in [0.15, 0.2) is 29.4 Å². The Morgan fingerprint density at radius 2 is 1.35 bits per heavy atom. The molecule has 0 amide bonds. The van der Waals surface area contributed by atoms with Crippen LogP contribution in [-0.4, -0.2) is 208 Å². The van der Waals surface area contributed by atoms with Crippen LogP contribution in [-0.2, 0) is 74.2 Å². The number of ether oxygens (including phenoxy) is 10. The van der Waals surface area contributed by atoms with Crippen molar-refractivity contribution in [3.05, 3.63) is 53.0 Å². The highest BCUT2D eigenvalue weighted by Crippen LogP contribution is 2.55. The summed E-state index contributed by atoms with van der Waals surface area (Å²) in [6.45, 7) is 4.84. The third kappa shape index (κ3) is 20.9. The van der Waals surface area contributed by atoms with E-state index in [1.165, 1.54) is 10.9 Å². The van der Waals surface area contributed by atoms with Crippen LogP contribution in [0.25, 0.3) is 11.0 Å². The highest BCUT2D eigenvalue weighted by Gasteiger charge is 2.46. The number of aromatic nitrogens is 7. The average molecular weight is 1160 g/mol. The molecule has 4 heterocycles. The number of carbonyl (C=O) groups excluding carboxylic acids is 1. The molecule has 0 radical (unpaired) electrons. The Morgan fingerprint density at radius 3 is 1.96 bits per heavy atom. The summed E-state index contributed by atoms with van der Waals surface area (Å²) in [5, 5.41) is 34.5. The highest BCUT2D eigenvalue weighted by atomic mass is 35.5. The fraction of sp³-hybridized carbons (Fsp3) is 0.682. The first-order valence-electron chi connectivity index (χ1n) is 24.5. The average Bonchev–Trinajstić information content (AvgIpc) is 4.21. The molecule has 5 N–H and O–H groups in total. The van der Waals surface area contributed by atoms with Crippen LogP contribution in [0, 0.1) is 17.5 Å². The predicted octanol–water partition coefficient (Wildman–Crippen LogP) is 2.52. The van der Waals surface area contributed by atoms with Crippen molar-refractivity contribution in [1.29, 1.82) is 0 Å². The number of aliphatic hydroxyl groups excluding tert-OH is 2. The SMILES string of the molecule is O=C(CCOCCOCCOCCOCCn1cc(COCCOCCOCCOCCN(c2nc(Cl)nc3c2cnn3[C@@H]2O[C@H](COP(=O)(O)CP(=O)(O)O)[C@@H](O)[C@H]2O)C2CCCC2)nn1)Oc1c(F)cc(F)cc1F. The molecule has 4 aromatic rings. The zero-order valence-corrected chi connectivity index (χ0v) is 44.4. The van der Waals surface area contributed by atoms with Crippen molar-refractivity contribution >= 4 is 49.6 Å². The van der Waals surface area contributed by atoms with Gasteiger partial charge in [-0.2, -0.15) is 15.1 Å². The van der Waals surface area contributed by atoms with Gasteiger partial charge in [-0.1, -0.05) is 18.1 Å². The normalized spacial score (nSPS) is 18.9. The molecule has 1 saturated heterocycles. The summed E-state index contributed by atoms with van der Waals surface area (Å²) < 4.78 is 126. The van der Waals surface area contributed by atoms with Crippen LogP contribution in [0.4, 0.5) is 19.0 Å². The lowest BCUT2D eigenvalue weighted by atomic mass is 10.1. The number of nitrogens with zero attached hydrogens (tertiary/aromatic N) is 8. The lowest BCUT2D eigenvalue weighted by molar-refractivity contribution is -0.136. The van der Waals surface area contributed by atoms with Crippen molar-refractivity contribution in [2.24, 2.45) is 0 Å². The van der Waals surface area contributed by atoms with E-state index in [0.29, 0.717) is 121 Å². The van der Waals surface area contributed by atoms with Crippen LogP contribution < -0.4 is 9.64 Å². The first kappa shape index (κ1) is 62.3. The lowest BCUT2D eigenvalue weighted by Gasteiger charge is -2.30. The van der Waals surface area contributed by atoms with Gasteiger partial charge < -0.3 is 81.7 Å². The summed E-state index contributed by atoms with van der Waals surface area (Å²) in [6.07, 6.45) is 0.888. The van der Waals surface area contributed by atoms with Gasteiger partial charge in [-0.25, -0.2) is 22.5 Å². The number of fused-ring (bicyclic) bond motifs is 1. The van der Waals surface area contributed by atoms with Gasteiger partial charge in [0.05, 0.1) is 143 Å². The van der Waals surface area contributed by atoms with Crippen molar-refractivity contribution in [2.45, 2.75) is 75.8 Å². The zero-order valence-electron chi connectivity index (χ0n) is 41.8. The molecule has 33 heteroatoms. The summed E-state index contributed by atoms with van der Waals surface area (Å²) in [6, 6.07) is 0.940. The molecule has 5 atom stereocenters. The van der Waals surface area contributed by atoms with Gasteiger partial charge in [-0.05, 0) is 24.4 Å². The molecule has 6 rings (SSSR count). The van der Waals surface area contributed by atoms with Crippen LogP contribution in [0.5, 0.6) is 5.75 Å². The molecule has 432 valence electrons. The molecule has 77 heavy (non-hydrogen) atoms. The van der Waals surface area contributed by atoms with Crippen molar-refractivity contribution in [3.63, 3.8) is 0 Å². The summed E-state index contributed by atoms with van der Waals surface area (Å²) in [4.78, 5) is 50.8. The van der Waals surface area contributed by atoms with Crippen LogP contribution in [0.15, 0.2) is 24.5 Å². The summed E-state index contributed by atoms with van der Waals surface area (Å²) in [5.74, 6) is -6.61. The molecule has 1 saturated carbocycles. The molecule has 2 aliphatic rings. The summed E-state index contributed by atoms with van der Waals surface area (Å²) >= 11 is 6.44. The fourth-order valence-corrected chi connectivity index (χ4v) is 10.6. The maximum Gasteiger partial charge on any atom is 0.340 e. The van der Waals surface area contributed by atoms with E-state index in [0.717, 1.165) is 25.7 Å². The number of aliphatic hydroxyl groups is 2. The minimum Gasteiger partial charge on any atom is -0.420 e. The van der Waals surface area contributed by atoms with Crippen molar-refractivity contribution < 1.29 is 104 Å². The van der Waals surface area contributed by atoms with Crippen LogP contribution >= 0.6 is 26.8 Å². The van der Waals surface area contributed by atoms with Crippen LogP contribution in [0.3, 0.4) is 0 Å². The van der Waals surface area contributed by atoms with E-state index in [9.17, 15) is 42.2 Å². The van der Waals surface area contributed by atoms with E-state index in [-0.39, 0.29) is 49.8 Å². The molecule has 2 fully saturated rings. The maximum absolute atomic E-state index is 13.6. The van der Waals surface area contributed by atoms with Crippen molar-refractivity contribution in [3.8, 4) is 5.75 Å². The Kier molecular flexibility index (Phi) is 25.7. The number of anilines is 1. The number of benzene rings is 1. The number of hydrogen-bond acceptors (Lipinski definition) is 22. The minimum absolute atomic E-state index is 0.0644. The Hall–Kier alpha value is -3.88. The Morgan fingerprint density at radius 1 is 0.779 bits per heavy atom. The van der Waals surface area contributed by atoms with Crippen molar-refractivity contribution in [2.75, 3.05) is 123 Å². The van der Waals surface area contributed by atoms with Gasteiger partial charge in [0.1, 0.15) is 35.6 Å². The number of halogens is 4. The number of rotatable bonds is 38. The number of hydrogen-bond donors (Lipinski definition) is 5. The summed E-state index contributed by atoms with van der Waals surface area (Å²) in [7, 11) is -9.66. The molecule has 1 unspecified atom stereocenters. The van der Waals surface area contributed by atoms with E-state index >= 15 is 0 Å². The first-order valence-corrected chi connectivity index (χ1v) is 28.5. The molecule has 1 aliphatic carbocycles. The van der Waals surface area contributed by atoms with Gasteiger partial charge in [-0.3, -0.25) is 13.9 Å². The topological polar surface area (TPSA) is 331 Å². The fourth-order valence-electron chi connectivity index (χ4n) is 7.88. The Balaban J connectivity index is 0.755. The van der Waals surface area contributed by atoms with Gasteiger partial charge >= 0.3 is 21.2 Å². The quantitative estimate of drug-likeness (QED) is 0.0141. The summed E-state index contributed by atoms with van der Waals surface area (Å²) in [5.41, 5.74) is 0.834. The van der Waals surface area contributed by atoms with E-state index in [2.05, 4.69) is 35.0 Å². The largest absolute Gasteiger partial charge is 0.420 e. The second kappa shape index (κ2) is 31.8. The van der Waals surface area contributed by atoms with E-state index < -0.39 is 81.4 Å². The molecule has 3 aromatic heterocycles. The van der Waals surface area contributed by atoms with Crippen LogP contribution in [0.1, 0.15) is 44.0 Å². The highest BCUT2D eigenvalue weighted by molar-refractivity contribution is 7.70. The van der Waals surface area contributed by atoms with Gasteiger partial charge in [-0.15, -0.1) is 5.10 Å². The van der Waals surface area contributed by atoms with E-state index in [4.69, 9.17) is 68.5 Å². The predicted molar refractivity (Wildman–Crippen MR) is 261 cm³/mol.